The molecule has 0 aromatic rings. The second-order valence-corrected chi connectivity index (χ2v) is 11.5. The highest BCUT2D eigenvalue weighted by molar-refractivity contribution is 5.29. The van der Waals surface area contributed by atoms with Gasteiger partial charge in [0, 0.05) is 0 Å². The third-order valence-electron chi connectivity index (χ3n) is 9.19. The maximum atomic E-state index is 2.63. The zero-order valence-electron chi connectivity index (χ0n) is 19.0. The van der Waals surface area contributed by atoms with Crippen molar-refractivity contribution in [2.45, 2.75) is 60.8 Å². The van der Waals surface area contributed by atoms with Gasteiger partial charge >= 0.3 is 0 Å². The Morgan fingerprint density at radius 2 is 1.14 bits per heavy atom. The summed E-state index contributed by atoms with van der Waals surface area (Å²) < 4.78 is 0. The lowest BCUT2D eigenvalue weighted by molar-refractivity contribution is 0.0670. The number of allylic oxidation sites excluding steroid dienone is 8. The van der Waals surface area contributed by atoms with Crippen LogP contribution in [0.2, 0.25) is 0 Å². The fraction of sp³-hybridized carbons (Fsp3) is 0.714. The van der Waals surface area contributed by atoms with Crippen LogP contribution in [-0.4, -0.2) is 0 Å². The Kier molecular flexibility index (Phi) is 5.54. The van der Waals surface area contributed by atoms with Crippen LogP contribution in [0.25, 0.3) is 0 Å². The molecule has 0 aromatic heterocycles. The molecule has 6 atom stereocenters. The molecule has 4 aliphatic carbocycles. The monoisotopic (exact) mass is 378 g/mol. The van der Waals surface area contributed by atoms with Crippen LogP contribution < -0.4 is 0 Å². The molecular weight excluding hydrogens is 336 g/mol. The number of fused-ring (bicyclic) bond motifs is 3. The lowest BCUT2D eigenvalue weighted by Gasteiger charge is -2.44. The first-order chi connectivity index (χ1) is 13.3. The van der Waals surface area contributed by atoms with Crippen molar-refractivity contribution in [2.75, 3.05) is 0 Å². The van der Waals surface area contributed by atoms with E-state index in [1.54, 1.807) is 0 Å². The molecule has 0 radical (unpaired) electrons. The Balaban J connectivity index is 1.58. The standard InChI is InChI=1S/C28H42/c1-18(2)26(19(3)4)20-15-16-21(17-20)28(5,6)27-24-13-9-7-11-22(24)23-12-8-10-14-25(23)27/h7-14,18-27H,15-17H2,1-6H3. The van der Waals surface area contributed by atoms with Gasteiger partial charge in [0.2, 0.25) is 0 Å². The van der Waals surface area contributed by atoms with Crippen LogP contribution in [0.1, 0.15) is 60.8 Å². The van der Waals surface area contributed by atoms with Gasteiger partial charge in [0.1, 0.15) is 0 Å². The van der Waals surface area contributed by atoms with E-state index in [9.17, 15) is 0 Å². The molecule has 0 nitrogen and oxygen atoms in total. The second kappa shape index (κ2) is 7.66. The van der Waals surface area contributed by atoms with Crippen molar-refractivity contribution in [1.29, 1.82) is 0 Å². The molecule has 0 bridgehead atoms. The Hall–Kier alpha value is -1.04. The van der Waals surface area contributed by atoms with Gasteiger partial charge in [-0.1, -0.05) is 90.2 Å². The molecule has 0 saturated heterocycles. The molecule has 6 unspecified atom stereocenters. The van der Waals surface area contributed by atoms with Crippen LogP contribution in [-0.2, 0) is 0 Å². The van der Waals surface area contributed by atoms with E-state index in [4.69, 9.17) is 0 Å². The molecule has 0 aromatic carbocycles. The van der Waals surface area contributed by atoms with Crippen molar-refractivity contribution in [3.8, 4) is 0 Å². The highest BCUT2D eigenvalue weighted by Gasteiger charge is 2.55. The van der Waals surface area contributed by atoms with Gasteiger partial charge in [-0.3, -0.25) is 0 Å². The molecule has 0 heteroatoms. The molecule has 0 heterocycles. The van der Waals surface area contributed by atoms with Crippen LogP contribution in [0.4, 0.5) is 0 Å². The van der Waals surface area contributed by atoms with E-state index in [1.165, 1.54) is 19.3 Å². The van der Waals surface area contributed by atoms with E-state index in [0.29, 0.717) is 29.1 Å². The Bertz CT molecular complexity index is 628. The summed E-state index contributed by atoms with van der Waals surface area (Å²) in [5.74, 6) is 7.93. The number of hydrogen-bond acceptors (Lipinski definition) is 0. The summed E-state index contributed by atoms with van der Waals surface area (Å²) in [7, 11) is 0. The van der Waals surface area contributed by atoms with E-state index in [1.807, 2.05) is 0 Å². The topological polar surface area (TPSA) is 0 Å². The Labute approximate surface area is 174 Å². The Morgan fingerprint density at radius 3 is 1.61 bits per heavy atom. The average molecular weight is 379 g/mol. The zero-order chi connectivity index (χ0) is 20.1. The molecule has 0 aliphatic heterocycles. The maximum Gasteiger partial charge on any atom is -0.00954 e. The second-order valence-electron chi connectivity index (χ2n) is 11.5. The highest BCUT2D eigenvalue weighted by atomic mass is 14.6. The minimum Gasteiger partial charge on any atom is -0.0805 e. The minimum atomic E-state index is 0.403. The predicted octanol–water partition coefficient (Wildman–Crippen LogP) is 7.70. The van der Waals surface area contributed by atoms with Crippen LogP contribution in [0.15, 0.2) is 48.6 Å². The first kappa shape index (κ1) is 20.2. The van der Waals surface area contributed by atoms with E-state index >= 15 is 0 Å². The lowest BCUT2D eigenvalue weighted by atomic mass is 9.61. The molecule has 4 rings (SSSR count). The maximum absolute atomic E-state index is 2.63. The fourth-order valence-corrected chi connectivity index (χ4v) is 8.19. The summed E-state index contributed by atoms with van der Waals surface area (Å²) in [6.45, 7) is 15.1. The molecule has 154 valence electrons. The first-order valence-electron chi connectivity index (χ1n) is 12.0. The van der Waals surface area contributed by atoms with Gasteiger partial charge in [0.05, 0.1) is 0 Å². The summed E-state index contributed by atoms with van der Waals surface area (Å²) in [6.07, 6.45) is 23.7. The van der Waals surface area contributed by atoms with E-state index < -0.39 is 0 Å². The van der Waals surface area contributed by atoms with Gasteiger partial charge in [0.25, 0.3) is 0 Å². The van der Waals surface area contributed by atoms with Crippen LogP contribution >= 0.6 is 0 Å². The van der Waals surface area contributed by atoms with Crippen molar-refractivity contribution in [2.24, 2.45) is 64.6 Å². The quantitative estimate of drug-likeness (QED) is 0.459. The first-order valence-corrected chi connectivity index (χ1v) is 12.0. The zero-order valence-corrected chi connectivity index (χ0v) is 19.0. The summed E-state index contributed by atoms with van der Waals surface area (Å²) in [5.41, 5.74) is 0.403. The summed E-state index contributed by atoms with van der Waals surface area (Å²) in [5, 5.41) is 0. The van der Waals surface area contributed by atoms with Crippen molar-refractivity contribution in [1.82, 2.24) is 0 Å². The van der Waals surface area contributed by atoms with Crippen LogP contribution in [0, 0.1) is 64.6 Å². The molecule has 0 spiro atoms. The van der Waals surface area contributed by atoms with Gasteiger partial charge < -0.3 is 0 Å². The van der Waals surface area contributed by atoms with Gasteiger partial charge in [-0.25, -0.2) is 0 Å². The molecule has 2 saturated carbocycles. The van der Waals surface area contributed by atoms with Crippen molar-refractivity contribution < 1.29 is 0 Å². The van der Waals surface area contributed by atoms with E-state index in [0.717, 1.165) is 35.5 Å². The molecule has 2 fully saturated rings. The van der Waals surface area contributed by atoms with Crippen LogP contribution in [0.3, 0.4) is 0 Å². The van der Waals surface area contributed by atoms with Crippen molar-refractivity contribution in [3.05, 3.63) is 48.6 Å². The summed E-state index contributed by atoms with van der Waals surface area (Å²) >= 11 is 0. The van der Waals surface area contributed by atoms with E-state index in [2.05, 4.69) is 90.2 Å². The van der Waals surface area contributed by atoms with Crippen molar-refractivity contribution in [3.63, 3.8) is 0 Å². The SMILES string of the molecule is CC(C)C(C(C)C)C1CCC(C(C)(C)C2C3C=CC=CC3C3C=CC=CC32)C1. The highest BCUT2D eigenvalue weighted by Crippen LogP contribution is 2.61. The minimum absolute atomic E-state index is 0.403. The van der Waals surface area contributed by atoms with Crippen molar-refractivity contribution >= 4 is 0 Å². The predicted molar refractivity (Wildman–Crippen MR) is 122 cm³/mol. The number of rotatable bonds is 5. The van der Waals surface area contributed by atoms with Gasteiger partial charge in [-0.05, 0) is 83.9 Å². The number of hydrogen-bond donors (Lipinski definition) is 0. The third-order valence-corrected chi connectivity index (χ3v) is 9.19. The summed E-state index contributed by atoms with van der Waals surface area (Å²) in [6, 6.07) is 0. The lowest BCUT2D eigenvalue weighted by Crippen LogP contribution is -2.38. The molecule has 28 heavy (non-hydrogen) atoms. The van der Waals surface area contributed by atoms with Gasteiger partial charge in [-0.2, -0.15) is 0 Å². The van der Waals surface area contributed by atoms with Gasteiger partial charge in [-0.15, -0.1) is 0 Å². The smallest absolute Gasteiger partial charge is 0.00954 e. The normalized spacial score (nSPS) is 39.4. The Morgan fingerprint density at radius 1 is 0.679 bits per heavy atom. The molecule has 4 aliphatic rings. The molecule has 0 N–H and O–H groups in total. The summed E-state index contributed by atoms with van der Waals surface area (Å²) in [4.78, 5) is 0. The van der Waals surface area contributed by atoms with E-state index in [-0.39, 0.29) is 0 Å². The fourth-order valence-electron chi connectivity index (χ4n) is 8.19. The van der Waals surface area contributed by atoms with Gasteiger partial charge in [0.15, 0.2) is 0 Å². The largest absolute Gasteiger partial charge is 0.0805 e. The average Bonchev–Trinajstić information content (AvgIpc) is 3.24. The third kappa shape index (κ3) is 3.29. The molecular formula is C28H42. The molecule has 0 amide bonds. The van der Waals surface area contributed by atoms with Crippen LogP contribution in [0.5, 0.6) is 0 Å².